The SMILES string of the molecule is COc1ccc(Cl)cc1C(=O)N1CCC(Cc2ccc(=O)[nH]c2)CC1. The number of pyridine rings is 1. The predicted molar refractivity (Wildman–Crippen MR) is 97.4 cm³/mol. The number of amides is 1. The first-order valence-electron chi connectivity index (χ1n) is 8.37. The summed E-state index contributed by atoms with van der Waals surface area (Å²) in [6, 6.07) is 8.52. The van der Waals surface area contributed by atoms with Gasteiger partial charge in [0, 0.05) is 30.4 Å². The Kier molecular flexibility index (Phi) is 5.43. The van der Waals surface area contributed by atoms with Crippen LogP contribution < -0.4 is 10.3 Å². The van der Waals surface area contributed by atoms with E-state index in [2.05, 4.69) is 4.98 Å². The predicted octanol–water partition coefficient (Wildman–Crippen LogP) is 3.13. The summed E-state index contributed by atoms with van der Waals surface area (Å²) in [5.41, 5.74) is 1.55. The number of nitrogens with zero attached hydrogens (tertiary/aromatic N) is 1. The molecule has 132 valence electrons. The third kappa shape index (κ3) is 4.23. The zero-order chi connectivity index (χ0) is 17.8. The van der Waals surface area contributed by atoms with Crippen LogP contribution in [0.1, 0.15) is 28.8 Å². The molecule has 1 aromatic heterocycles. The molecule has 1 amide bonds. The lowest BCUT2D eigenvalue weighted by Crippen LogP contribution is -2.39. The number of piperidine rings is 1. The summed E-state index contributed by atoms with van der Waals surface area (Å²) in [5, 5.41) is 0.525. The number of hydrogen-bond donors (Lipinski definition) is 1. The van der Waals surface area contributed by atoms with Crippen molar-refractivity contribution in [3.63, 3.8) is 0 Å². The Hall–Kier alpha value is -2.27. The van der Waals surface area contributed by atoms with Gasteiger partial charge in [0.05, 0.1) is 12.7 Å². The van der Waals surface area contributed by atoms with Crippen molar-refractivity contribution in [3.05, 3.63) is 63.0 Å². The van der Waals surface area contributed by atoms with Crippen molar-refractivity contribution >= 4 is 17.5 Å². The number of aromatic nitrogens is 1. The average Bonchev–Trinajstić information content (AvgIpc) is 2.63. The summed E-state index contributed by atoms with van der Waals surface area (Å²) in [4.78, 5) is 28.5. The summed E-state index contributed by atoms with van der Waals surface area (Å²) in [5.74, 6) is 1.02. The van der Waals surface area contributed by atoms with Gasteiger partial charge >= 0.3 is 0 Å². The number of halogens is 1. The Labute approximate surface area is 151 Å². The molecular formula is C19H21ClN2O3. The molecule has 0 radical (unpaired) electrons. The smallest absolute Gasteiger partial charge is 0.257 e. The van der Waals surface area contributed by atoms with Crippen LogP contribution >= 0.6 is 11.6 Å². The van der Waals surface area contributed by atoms with Crippen molar-refractivity contribution in [1.82, 2.24) is 9.88 Å². The van der Waals surface area contributed by atoms with E-state index in [1.165, 1.54) is 0 Å². The molecule has 6 heteroatoms. The molecule has 0 bridgehead atoms. The molecule has 2 heterocycles. The van der Waals surface area contributed by atoms with Crippen LogP contribution in [0.25, 0.3) is 0 Å². The zero-order valence-corrected chi connectivity index (χ0v) is 14.9. The second-order valence-corrected chi connectivity index (χ2v) is 6.78. The summed E-state index contributed by atoms with van der Waals surface area (Å²) >= 11 is 6.03. The minimum atomic E-state index is -0.0837. The summed E-state index contributed by atoms with van der Waals surface area (Å²) < 4.78 is 5.29. The molecule has 5 nitrogen and oxygen atoms in total. The highest BCUT2D eigenvalue weighted by Gasteiger charge is 2.25. The number of carbonyl (C=O) groups excluding carboxylic acids is 1. The summed E-state index contributed by atoms with van der Waals surface area (Å²) in [7, 11) is 1.55. The van der Waals surface area contributed by atoms with Gasteiger partial charge < -0.3 is 14.6 Å². The van der Waals surface area contributed by atoms with Crippen LogP contribution in [0.4, 0.5) is 0 Å². The van der Waals surface area contributed by atoms with E-state index in [1.807, 2.05) is 11.0 Å². The van der Waals surface area contributed by atoms with E-state index in [9.17, 15) is 9.59 Å². The van der Waals surface area contributed by atoms with Crippen molar-refractivity contribution < 1.29 is 9.53 Å². The minimum absolute atomic E-state index is 0.0400. The highest BCUT2D eigenvalue weighted by Crippen LogP contribution is 2.27. The second-order valence-electron chi connectivity index (χ2n) is 6.35. The number of nitrogens with one attached hydrogen (secondary N) is 1. The topological polar surface area (TPSA) is 62.4 Å². The van der Waals surface area contributed by atoms with E-state index in [0.717, 1.165) is 24.8 Å². The van der Waals surface area contributed by atoms with Crippen molar-refractivity contribution in [2.75, 3.05) is 20.2 Å². The van der Waals surface area contributed by atoms with Crippen LogP contribution in [0, 0.1) is 5.92 Å². The van der Waals surface area contributed by atoms with Crippen LogP contribution in [0.15, 0.2) is 41.3 Å². The van der Waals surface area contributed by atoms with E-state index in [4.69, 9.17) is 16.3 Å². The Morgan fingerprint density at radius 1 is 1.28 bits per heavy atom. The second kappa shape index (κ2) is 7.74. The molecule has 0 atom stereocenters. The van der Waals surface area contributed by atoms with Crippen LogP contribution in [0.2, 0.25) is 5.02 Å². The van der Waals surface area contributed by atoms with Crippen molar-refractivity contribution in [1.29, 1.82) is 0 Å². The van der Waals surface area contributed by atoms with Gasteiger partial charge in [0.2, 0.25) is 5.56 Å². The van der Waals surface area contributed by atoms with Gasteiger partial charge in [-0.1, -0.05) is 17.7 Å². The third-order valence-corrected chi connectivity index (χ3v) is 4.90. The first-order chi connectivity index (χ1) is 12.1. The number of rotatable bonds is 4. The molecule has 1 N–H and O–H groups in total. The Morgan fingerprint density at radius 2 is 2.04 bits per heavy atom. The van der Waals surface area contributed by atoms with Crippen LogP contribution in [-0.2, 0) is 6.42 Å². The number of ether oxygens (including phenoxy) is 1. The Bertz CT molecular complexity index is 790. The maximum atomic E-state index is 12.8. The van der Waals surface area contributed by atoms with Gasteiger partial charge in [0.15, 0.2) is 0 Å². The lowest BCUT2D eigenvalue weighted by Gasteiger charge is -2.32. The van der Waals surface area contributed by atoms with Gasteiger partial charge in [-0.3, -0.25) is 9.59 Å². The number of hydrogen-bond acceptors (Lipinski definition) is 3. The molecule has 1 aliphatic rings. The molecule has 3 rings (SSSR count). The molecule has 0 aliphatic carbocycles. The molecule has 1 saturated heterocycles. The quantitative estimate of drug-likeness (QED) is 0.911. The van der Waals surface area contributed by atoms with Gasteiger partial charge in [-0.05, 0) is 48.9 Å². The van der Waals surface area contributed by atoms with E-state index in [0.29, 0.717) is 35.3 Å². The van der Waals surface area contributed by atoms with Crippen molar-refractivity contribution in [2.45, 2.75) is 19.3 Å². The number of H-pyrrole nitrogens is 1. The van der Waals surface area contributed by atoms with Crippen molar-refractivity contribution in [2.24, 2.45) is 5.92 Å². The summed E-state index contributed by atoms with van der Waals surface area (Å²) in [6.07, 6.45) is 4.57. The van der Waals surface area contributed by atoms with E-state index >= 15 is 0 Å². The zero-order valence-electron chi connectivity index (χ0n) is 14.1. The number of carbonyl (C=O) groups is 1. The van der Waals surface area contributed by atoms with Gasteiger partial charge in [-0.25, -0.2) is 0 Å². The largest absolute Gasteiger partial charge is 0.496 e. The molecule has 0 unspecified atom stereocenters. The van der Waals surface area contributed by atoms with E-state index in [-0.39, 0.29) is 11.5 Å². The molecule has 1 aliphatic heterocycles. The maximum Gasteiger partial charge on any atom is 0.257 e. The average molecular weight is 361 g/mol. The fourth-order valence-corrected chi connectivity index (χ4v) is 3.43. The number of aromatic amines is 1. The van der Waals surface area contributed by atoms with Crippen LogP contribution in [-0.4, -0.2) is 36.0 Å². The fraction of sp³-hybridized carbons (Fsp3) is 0.368. The molecule has 25 heavy (non-hydrogen) atoms. The number of methoxy groups -OCH3 is 1. The highest BCUT2D eigenvalue weighted by atomic mass is 35.5. The van der Waals surface area contributed by atoms with Crippen LogP contribution in [0.3, 0.4) is 0 Å². The standard InChI is InChI=1S/C19H21ClN2O3/c1-25-17-4-3-15(20)11-16(17)19(24)22-8-6-13(7-9-22)10-14-2-5-18(23)21-12-14/h2-5,11-13H,6-10H2,1H3,(H,21,23). The first-order valence-corrected chi connectivity index (χ1v) is 8.75. The fourth-order valence-electron chi connectivity index (χ4n) is 3.26. The van der Waals surface area contributed by atoms with Crippen molar-refractivity contribution in [3.8, 4) is 5.75 Å². The molecule has 0 saturated carbocycles. The lowest BCUT2D eigenvalue weighted by atomic mass is 9.90. The van der Waals surface area contributed by atoms with Gasteiger partial charge in [-0.2, -0.15) is 0 Å². The third-order valence-electron chi connectivity index (χ3n) is 4.67. The molecule has 1 aromatic carbocycles. The number of likely N-dealkylation sites (tertiary alicyclic amines) is 1. The van der Waals surface area contributed by atoms with E-state index in [1.54, 1.807) is 37.6 Å². The molecular weight excluding hydrogens is 340 g/mol. The maximum absolute atomic E-state index is 12.8. The number of benzene rings is 1. The van der Waals surface area contributed by atoms with Gasteiger partial charge in [0.1, 0.15) is 5.75 Å². The lowest BCUT2D eigenvalue weighted by molar-refractivity contribution is 0.0687. The summed E-state index contributed by atoms with van der Waals surface area (Å²) in [6.45, 7) is 1.42. The Morgan fingerprint density at radius 3 is 2.68 bits per heavy atom. The Balaban J connectivity index is 1.62. The highest BCUT2D eigenvalue weighted by molar-refractivity contribution is 6.31. The normalized spacial score (nSPS) is 15.2. The van der Waals surface area contributed by atoms with Gasteiger partial charge in [-0.15, -0.1) is 0 Å². The first kappa shape index (κ1) is 17.5. The molecule has 2 aromatic rings. The van der Waals surface area contributed by atoms with E-state index < -0.39 is 0 Å². The molecule has 1 fully saturated rings. The van der Waals surface area contributed by atoms with Crippen LogP contribution in [0.5, 0.6) is 5.75 Å². The molecule has 0 spiro atoms. The monoisotopic (exact) mass is 360 g/mol. The minimum Gasteiger partial charge on any atom is -0.496 e. The van der Waals surface area contributed by atoms with Gasteiger partial charge in [0.25, 0.3) is 5.91 Å².